The lowest BCUT2D eigenvalue weighted by atomic mass is 10.0. The van der Waals surface area contributed by atoms with Crippen LogP contribution in [0.15, 0.2) is 81.5 Å². The zero-order valence-electron chi connectivity index (χ0n) is 21.5. The molecule has 1 unspecified atom stereocenters. The van der Waals surface area contributed by atoms with Crippen molar-refractivity contribution in [2.45, 2.75) is 39.6 Å². The fourth-order valence-corrected chi connectivity index (χ4v) is 5.41. The zero-order chi connectivity index (χ0) is 26.5. The molecule has 3 heterocycles. The van der Waals surface area contributed by atoms with Crippen molar-refractivity contribution in [3.05, 3.63) is 111 Å². The molecule has 2 aromatic carbocycles. The van der Waals surface area contributed by atoms with Crippen molar-refractivity contribution in [2.75, 3.05) is 13.2 Å². The molecule has 0 amide bonds. The lowest BCUT2D eigenvalue weighted by molar-refractivity contribution is 0.00573. The van der Waals surface area contributed by atoms with E-state index in [9.17, 15) is 9.90 Å². The Morgan fingerprint density at radius 3 is 2.68 bits per heavy atom. The van der Waals surface area contributed by atoms with Gasteiger partial charge in [-0.15, -0.1) is 11.3 Å². The Balaban J connectivity index is 1.32. The van der Waals surface area contributed by atoms with Crippen molar-refractivity contribution in [1.29, 1.82) is 0 Å². The first-order valence-electron chi connectivity index (χ1n) is 12.6. The lowest BCUT2D eigenvalue weighted by Gasteiger charge is -2.23. The van der Waals surface area contributed by atoms with Crippen LogP contribution in [-0.2, 0) is 24.4 Å². The Hall–Kier alpha value is -3.56. The summed E-state index contributed by atoms with van der Waals surface area (Å²) in [6.45, 7) is 5.91. The summed E-state index contributed by atoms with van der Waals surface area (Å²) < 4.78 is 11.3. The summed E-state index contributed by atoms with van der Waals surface area (Å²) in [7, 11) is 0. The van der Waals surface area contributed by atoms with Crippen LogP contribution >= 0.6 is 11.3 Å². The number of hydrogen-bond acceptors (Lipinski definition) is 7. The van der Waals surface area contributed by atoms with Gasteiger partial charge in [-0.2, -0.15) is 0 Å². The summed E-state index contributed by atoms with van der Waals surface area (Å²) >= 11 is 1.46. The predicted molar refractivity (Wildman–Crippen MR) is 150 cm³/mol. The number of fused-ring (bicyclic) bond motifs is 1. The van der Waals surface area contributed by atoms with Gasteiger partial charge in [0.15, 0.2) is 0 Å². The van der Waals surface area contributed by atoms with E-state index >= 15 is 0 Å². The highest BCUT2D eigenvalue weighted by molar-refractivity contribution is 7.17. The van der Waals surface area contributed by atoms with Crippen molar-refractivity contribution in [1.82, 2.24) is 14.9 Å². The normalized spacial score (nSPS) is 12.4. The monoisotopic (exact) mass is 529 g/mol. The first-order chi connectivity index (χ1) is 18.5. The fourth-order valence-electron chi connectivity index (χ4n) is 4.45. The number of hydrogen-bond donors (Lipinski definition) is 2. The molecule has 196 valence electrons. The molecule has 8 heteroatoms. The van der Waals surface area contributed by atoms with E-state index in [1.807, 2.05) is 58.8 Å². The van der Waals surface area contributed by atoms with Crippen LogP contribution in [0.2, 0.25) is 0 Å². The van der Waals surface area contributed by atoms with Gasteiger partial charge in [-0.25, -0.2) is 4.98 Å². The fraction of sp³-hybridized carbons (Fsp3) is 0.267. The van der Waals surface area contributed by atoms with Crippen molar-refractivity contribution < 1.29 is 14.3 Å². The van der Waals surface area contributed by atoms with Gasteiger partial charge in [-0.05, 0) is 48.2 Å². The molecule has 0 bridgehead atoms. The minimum atomic E-state index is -0.720. The standard InChI is InChI=1S/C30H31N3O4S/c1-20-10-11-23(13-21(20)2)26-19-38-30-28(26)29(35)31-27(32-30)16-33(15-25-9-6-12-37-25)14-24(34)18-36-17-22-7-4-3-5-8-22/h3-13,19,24,34H,14-18H2,1-2H3,(H,31,32,35). The SMILES string of the molecule is Cc1ccc(-c2csc3nc(CN(Cc4ccco4)CC(O)COCc4ccccc4)[nH]c(=O)c23)cc1C. The Bertz CT molecular complexity index is 1540. The molecule has 0 aliphatic rings. The summed E-state index contributed by atoms with van der Waals surface area (Å²) in [4.78, 5) is 23.7. The maximum Gasteiger partial charge on any atom is 0.260 e. The van der Waals surface area contributed by atoms with Crippen molar-refractivity contribution >= 4 is 21.6 Å². The van der Waals surface area contributed by atoms with Crippen LogP contribution in [0.4, 0.5) is 0 Å². The molecule has 0 fully saturated rings. The minimum Gasteiger partial charge on any atom is -0.468 e. The van der Waals surface area contributed by atoms with Crippen LogP contribution in [-0.4, -0.2) is 39.2 Å². The Labute approximate surface area is 225 Å². The van der Waals surface area contributed by atoms with Crippen LogP contribution in [0.1, 0.15) is 28.3 Å². The third-order valence-electron chi connectivity index (χ3n) is 6.53. The topological polar surface area (TPSA) is 91.6 Å². The number of nitrogens with zero attached hydrogens (tertiary/aromatic N) is 2. The van der Waals surface area contributed by atoms with E-state index < -0.39 is 6.10 Å². The second-order valence-electron chi connectivity index (χ2n) is 9.54. The van der Waals surface area contributed by atoms with E-state index in [1.165, 1.54) is 22.5 Å². The number of thiophene rings is 1. The number of aromatic amines is 1. The Kier molecular flexibility index (Phi) is 8.14. The second kappa shape index (κ2) is 11.9. The molecule has 0 aliphatic heterocycles. The van der Waals surface area contributed by atoms with Gasteiger partial charge in [0.1, 0.15) is 16.4 Å². The number of nitrogens with one attached hydrogen (secondary N) is 1. The van der Waals surface area contributed by atoms with Gasteiger partial charge in [-0.3, -0.25) is 9.69 Å². The van der Waals surface area contributed by atoms with Crippen molar-refractivity contribution in [2.24, 2.45) is 0 Å². The number of furan rings is 1. The molecule has 2 N–H and O–H groups in total. The van der Waals surface area contributed by atoms with E-state index in [-0.39, 0.29) is 12.2 Å². The van der Waals surface area contributed by atoms with Gasteiger partial charge < -0.3 is 19.2 Å². The minimum absolute atomic E-state index is 0.163. The van der Waals surface area contributed by atoms with Gasteiger partial charge >= 0.3 is 0 Å². The van der Waals surface area contributed by atoms with E-state index in [1.54, 1.807) is 6.26 Å². The third-order valence-corrected chi connectivity index (χ3v) is 7.41. The molecule has 0 aliphatic carbocycles. The van der Waals surface area contributed by atoms with Crippen LogP contribution in [0.25, 0.3) is 21.3 Å². The highest BCUT2D eigenvalue weighted by atomic mass is 32.1. The highest BCUT2D eigenvalue weighted by Gasteiger charge is 2.18. The van der Waals surface area contributed by atoms with E-state index in [0.29, 0.717) is 42.3 Å². The van der Waals surface area contributed by atoms with E-state index in [2.05, 4.69) is 31.0 Å². The molecule has 5 aromatic rings. The summed E-state index contributed by atoms with van der Waals surface area (Å²) in [6.07, 6.45) is 0.904. The smallest absolute Gasteiger partial charge is 0.260 e. The highest BCUT2D eigenvalue weighted by Crippen LogP contribution is 2.31. The van der Waals surface area contributed by atoms with Crippen LogP contribution in [0.5, 0.6) is 0 Å². The largest absolute Gasteiger partial charge is 0.468 e. The van der Waals surface area contributed by atoms with Crippen molar-refractivity contribution in [3.63, 3.8) is 0 Å². The molecule has 0 saturated heterocycles. The number of ether oxygens (including phenoxy) is 1. The van der Waals surface area contributed by atoms with E-state index in [4.69, 9.17) is 14.1 Å². The van der Waals surface area contributed by atoms with Gasteiger partial charge in [0, 0.05) is 17.5 Å². The number of aryl methyl sites for hydroxylation is 2. The van der Waals surface area contributed by atoms with Gasteiger partial charge in [-0.1, -0.05) is 48.5 Å². The molecular weight excluding hydrogens is 498 g/mol. The average Bonchev–Trinajstić information content (AvgIpc) is 3.57. The molecule has 1 atom stereocenters. The first-order valence-corrected chi connectivity index (χ1v) is 13.5. The maximum absolute atomic E-state index is 13.2. The molecular formula is C30H31N3O4S. The summed E-state index contributed by atoms with van der Waals surface area (Å²) in [6, 6.07) is 19.8. The van der Waals surface area contributed by atoms with E-state index in [0.717, 1.165) is 22.5 Å². The zero-order valence-corrected chi connectivity index (χ0v) is 22.3. The van der Waals surface area contributed by atoms with Crippen LogP contribution < -0.4 is 5.56 Å². The lowest BCUT2D eigenvalue weighted by Crippen LogP contribution is -2.35. The van der Waals surface area contributed by atoms with Crippen LogP contribution in [0, 0.1) is 13.8 Å². The number of H-pyrrole nitrogens is 1. The molecule has 5 rings (SSSR count). The summed E-state index contributed by atoms with van der Waals surface area (Å²) in [5, 5.41) is 13.3. The summed E-state index contributed by atoms with van der Waals surface area (Å²) in [5.74, 6) is 1.30. The van der Waals surface area contributed by atoms with Crippen molar-refractivity contribution in [3.8, 4) is 11.1 Å². The predicted octanol–water partition coefficient (Wildman–Crippen LogP) is 5.44. The van der Waals surface area contributed by atoms with Gasteiger partial charge in [0.25, 0.3) is 5.56 Å². The molecule has 0 saturated carbocycles. The van der Waals surface area contributed by atoms with Crippen LogP contribution in [0.3, 0.4) is 0 Å². The average molecular weight is 530 g/mol. The number of aliphatic hydroxyl groups is 1. The molecule has 3 aromatic heterocycles. The third kappa shape index (κ3) is 6.28. The van der Waals surface area contributed by atoms with Gasteiger partial charge in [0.05, 0.1) is 44.1 Å². The molecule has 7 nitrogen and oxygen atoms in total. The maximum atomic E-state index is 13.2. The first kappa shape index (κ1) is 26.1. The number of aromatic nitrogens is 2. The Morgan fingerprint density at radius 1 is 1.08 bits per heavy atom. The second-order valence-corrected chi connectivity index (χ2v) is 10.4. The Morgan fingerprint density at radius 2 is 1.92 bits per heavy atom. The number of benzene rings is 2. The number of rotatable bonds is 11. The number of aliphatic hydroxyl groups excluding tert-OH is 1. The molecule has 0 radical (unpaired) electrons. The summed E-state index contributed by atoms with van der Waals surface area (Å²) in [5.41, 5.74) is 5.20. The quantitative estimate of drug-likeness (QED) is 0.237. The molecule has 0 spiro atoms. The molecule has 38 heavy (non-hydrogen) atoms. The van der Waals surface area contributed by atoms with Gasteiger partial charge in [0.2, 0.25) is 0 Å².